The van der Waals surface area contributed by atoms with Crippen LogP contribution in [0.5, 0.6) is 0 Å². The highest BCUT2D eigenvalue weighted by molar-refractivity contribution is 5.83. The van der Waals surface area contributed by atoms with E-state index in [1.54, 1.807) is 0 Å². The van der Waals surface area contributed by atoms with Crippen molar-refractivity contribution < 1.29 is 9.59 Å². The van der Waals surface area contributed by atoms with E-state index in [1.165, 1.54) is 16.8 Å². The molecule has 2 saturated heterocycles. The van der Waals surface area contributed by atoms with Crippen LogP contribution in [0, 0.1) is 19.8 Å². The van der Waals surface area contributed by atoms with Crippen LogP contribution in [0.2, 0.25) is 0 Å². The summed E-state index contributed by atoms with van der Waals surface area (Å²) in [7, 11) is 0. The largest absolute Gasteiger partial charge is 0.368 e. The number of rotatable bonds is 3. The number of likely N-dealkylation sites (tertiary alicyclic amines) is 1. The number of nitrogens with one attached hydrogen (secondary N) is 1. The minimum absolute atomic E-state index is 0.00761. The highest BCUT2D eigenvalue weighted by Gasteiger charge is 2.43. The quantitative estimate of drug-likeness (QED) is 0.745. The van der Waals surface area contributed by atoms with E-state index in [0.29, 0.717) is 26.2 Å². The minimum atomic E-state index is -0.315. The standard InChI is InChI=1S/C28H38N4O2/c1-20-10-12-22(13-11-20)23-18-32(27(34)29-28(3,4)5)19-24(23)26(33)31-16-14-30(15-17-31)25-9-7-6-8-21(25)2/h6-13,23-24H,14-19H2,1-5H3,(H,29,34)/t23-,24-/m1/s1. The van der Waals surface area contributed by atoms with E-state index < -0.39 is 0 Å². The van der Waals surface area contributed by atoms with Gasteiger partial charge in [-0.1, -0.05) is 48.0 Å². The number of aryl methyl sites for hydroxylation is 2. The molecule has 2 aromatic rings. The minimum Gasteiger partial charge on any atom is -0.368 e. The van der Waals surface area contributed by atoms with Gasteiger partial charge in [0.05, 0.1) is 5.92 Å². The summed E-state index contributed by atoms with van der Waals surface area (Å²) in [4.78, 5) is 32.9. The summed E-state index contributed by atoms with van der Waals surface area (Å²) in [5.41, 5.74) is 4.52. The zero-order valence-corrected chi connectivity index (χ0v) is 21.2. The normalized spacial score (nSPS) is 21.0. The van der Waals surface area contributed by atoms with Crippen LogP contribution in [0.1, 0.15) is 43.4 Å². The fourth-order valence-corrected chi connectivity index (χ4v) is 5.09. The van der Waals surface area contributed by atoms with Crippen molar-refractivity contribution in [3.05, 3.63) is 65.2 Å². The highest BCUT2D eigenvalue weighted by atomic mass is 16.2. The molecule has 2 aliphatic rings. The van der Waals surface area contributed by atoms with Crippen LogP contribution in [-0.2, 0) is 4.79 Å². The van der Waals surface area contributed by atoms with Gasteiger partial charge in [-0.05, 0) is 51.8 Å². The first-order valence-corrected chi connectivity index (χ1v) is 12.4. The maximum absolute atomic E-state index is 13.8. The van der Waals surface area contributed by atoms with Gasteiger partial charge in [-0.25, -0.2) is 4.79 Å². The van der Waals surface area contributed by atoms with E-state index in [1.807, 2.05) is 30.6 Å². The Balaban J connectivity index is 1.49. The van der Waals surface area contributed by atoms with Crippen molar-refractivity contribution in [1.29, 1.82) is 0 Å². The molecular formula is C28H38N4O2. The molecule has 0 aliphatic carbocycles. The van der Waals surface area contributed by atoms with Crippen LogP contribution in [0.4, 0.5) is 10.5 Å². The van der Waals surface area contributed by atoms with Gasteiger partial charge in [0.2, 0.25) is 5.91 Å². The number of urea groups is 1. The number of nitrogens with zero attached hydrogens (tertiary/aromatic N) is 3. The average molecular weight is 463 g/mol. The molecule has 182 valence electrons. The van der Waals surface area contributed by atoms with Gasteiger partial charge in [0.25, 0.3) is 0 Å². The molecule has 0 radical (unpaired) electrons. The summed E-state index contributed by atoms with van der Waals surface area (Å²) in [5.74, 6) is -0.0484. The summed E-state index contributed by atoms with van der Waals surface area (Å²) in [5, 5.41) is 3.07. The zero-order chi connectivity index (χ0) is 24.5. The topological polar surface area (TPSA) is 55.9 Å². The fraction of sp³-hybridized carbons (Fsp3) is 0.500. The summed E-state index contributed by atoms with van der Waals surface area (Å²) in [6.07, 6.45) is 0. The van der Waals surface area contributed by atoms with Crippen LogP contribution >= 0.6 is 0 Å². The monoisotopic (exact) mass is 462 g/mol. The molecule has 0 aromatic heterocycles. The molecule has 0 unspecified atom stereocenters. The molecule has 1 N–H and O–H groups in total. The van der Waals surface area contributed by atoms with Crippen LogP contribution in [0.3, 0.4) is 0 Å². The number of carbonyl (C=O) groups excluding carboxylic acids is 2. The van der Waals surface area contributed by atoms with Crippen molar-refractivity contribution in [3.8, 4) is 0 Å². The molecule has 2 aliphatic heterocycles. The van der Waals surface area contributed by atoms with E-state index in [9.17, 15) is 9.59 Å². The molecular weight excluding hydrogens is 424 g/mol. The van der Waals surface area contributed by atoms with Gasteiger partial charge < -0.3 is 20.0 Å². The second kappa shape index (κ2) is 9.69. The Morgan fingerprint density at radius 2 is 1.50 bits per heavy atom. The van der Waals surface area contributed by atoms with E-state index in [-0.39, 0.29) is 29.3 Å². The molecule has 0 bridgehead atoms. The van der Waals surface area contributed by atoms with E-state index >= 15 is 0 Å². The van der Waals surface area contributed by atoms with Crippen molar-refractivity contribution in [2.75, 3.05) is 44.2 Å². The third-order valence-electron chi connectivity index (χ3n) is 6.96. The Kier molecular flexibility index (Phi) is 6.87. The van der Waals surface area contributed by atoms with Crippen molar-refractivity contribution >= 4 is 17.6 Å². The lowest BCUT2D eigenvalue weighted by atomic mass is 9.87. The number of hydrogen-bond acceptors (Lipinski definition) is 3. The van der Waals surface area contributed by atoms with Crippen LogP contribution in [0.15, 0.2) is 48.5 Å². The molecule has 4 rings (SSSR count). The number of hydrogen-bond donors (Lipinski definition) is 1. The summed E-state index contributed by atoms with van der Waals surface area (Å²) >= 11 is 0. The fourth-order valence-electron chi connectivity index (χ4n) is 5.09. The Morgan fingerprint density at radius 3 is 2.12 bits per heavy atom. The second-order valence-corrected chi connectivity index (χ2v) is 10.8. The summed E-state index contributed by atoms with van der Waals surface area (Å²) in [6, 6.07) is 16.7. The number of benzene rings is 2. The zero-order valence-electron chi connectivity index (χ0n) is 21.2. The van der Waals surface area contributed by atoms with Gasteiger partial charge in [0, 0.05) is 56.4 Å². The first-order chi connectivity index (χ1) is 16.1. The van der Waals surface area contributed by atoms with Crippen molar-refractivity contribution in [3.63, 3.8) is 0 Å². The van der Waals surface area contributed by atoms with Gasteiger partial charge in [-0.3, -0.25) is 4.79 Å². The lowest BCUT2D eigenvalue weighted by molar-refractivity contribution is -0.135. The van der Waals surface area contributed by atoms with Gasteiger partial charge in [-0.2, -0.15) is 0 Å². The number of amides is 3. The molecule has 2 atom stereocenters. The lowest BCUT2D eigenvalue weighted by Crippen LogP contribution is -2.51. The molecule has 2 heterocycles. The van der Waals surface area contributed by atoms with Gasteiger partial charge >= 0.3 is 6.03 Å². The molecule has 2 fully saturated rings. The predicted octanol–water partition coefficient (Wildman–Crippen LogP) is 4.18. The Morgan fingerprint density at radius 1 is 0.853 bits per heavy atom. The van der Waals surface area contributed by atoms with Crippen molar-refractivity contribution in [2.24, 2.45) is 5.92 Å². The van der Waals surface area contributed by atoms with Crippen LogP contribution < -0.4 is 10.2 Å². The molecule has 0 saturated carbocycles. The molecule has 6 heteroatoms. The third kappa shape index (κ3) is 5.37. The number of anilines is 1. The number of para-hydroxylation sites is 1. The molecule has 0 spiro atoms. The van der Waals surface area contributed by atoms with Crippen LogP contribution in [-0.4, -0.2) is 66.5 Å². The van der Waals surface area contributed by atoms with Crippen LogP contribution in [0.25, 0.3) is 0 Å². The first kappa shape index (κ1) is 24.1. The lowest BCUT2D eigenvalue weighted by Gasteiger charge is -2.38. The smallest absolute Gasteiger partial charge is 0.317 e. The van der Waals surface area contributed by atoms with Gasteiger partial charge in [0.15, 0.2) is 0 Å². The summed E-state index contributed by atoms with van der Waals surface area (Å²) in [6.45, 7) is 14.2. The van der Waals surface area contributed by atoms with E-state index in [0.717, 1.165) is 18.7 Å². The Bertz CT molecular complexity index is 1020. The van der Waals surface area contributed by atoms with E-state index in [4.69, 9.17) is 0 Å². The third-order valence-corrected chi connectivity index (χ3v) is 6.96. The maximum atomic E-state index is 13.8. The van der Waals surface area contributed by atoms with Gasteiger partial charge in [0.1, 0.15) is 0 Å². The molecule has 2 aromatic carbocycles. The Hall–Kier alpha value is -3.02. The first-order valence-electron chi connectivity index (χ1n) is 12.4. The Labute approximate surface area is 203 Å². The average Bonchev–Trinajstić information content (AvgIpc) is 3.24. The highest BCUT2D eigenvalue weighted by Crippen LogP contribution is 2.35. The van der Waals surface area contributed by atoms with Crippen molar-refractivity contribution in [1.82, 2.24) is 15.1 Å². The van der Waals surface area contributed by atoms with Gasteiger partial charge in [-0.15, -0.1) is 0 Å². The number of piperazine rings is 1. The predicted molar refractivity (Wildman–Crippen MR) is 137 cm³/mol. The van der Waals surface area contributed by atoms with E-state index in [2.05, 4.69) is 72.6 Å². The SMILES string of the molecule is Cc1ccc([C@H]2CN(C(=O)NC(C)(C)C)C[C@H]2C(=O)N2CCN(c3ccccc3C)CC2)cc1. The number of carbonyl (C=O) groups is 2. The van der Waals surface area contributed by atoms with Crippen molar-refractivity contribution in [2.45, 2.75) is 46.1 Å². The second-order valence-electron chi connectivity index (χ2n) is 10.8. The molecule has 6 nitrogen and oxygen atoms in total. The molecule has 34 heavy (non-hydrogen) atoms. The molecule has 3 amide bonds. The summed E-state index contributed by atoms with van der Waals surface area (Å²) < 4.78 is 0. The maximum Gasteiger partial charge on any atom is 0.317 e.